The number of hydrogen-bond acceptors (Lipinski definition) is 6. The lowest BCUT2D eigenvalue weighted by molar-refractivity contribution is 0.227. The van der Waals surface area contributed by atoms with Crippen LogP contribution < -0.4 is 28.7 Å². The van der Waals surface area contributed by atoms with Gasteiger partial charge in [0, 0.05) is 35.6 Å². The van der Waals surface area contributed by atoms with Gasteiger partial charge in [-0.2, -0.15) is 0 Å². The van der Waals surface area contributed by atoms with Crippen LogP contribution >= 0.6 is 0 Å². The molecule has 0 radical (unpaired) electrons. The van der Waals surface area contributed by atoms with E-state index in [0.29, 0.717) is 13.5 Å². The number of anilines is 2. The molecule has 54 heavy (non-hydrogen) atoms. The second kappa shape index (κ2) is 13.4. The molecule has 1 atom stereocenters. The Bertz CT molecular complexity index is 2660. The summed E-state index contributed by atoms with van der Waals surface area (Å²) in [5, 5.41) is 6.75. The summed E-state index contributed by atoms with van der Waals surface area (Å²) in [6.07, 6.45) is -0.155. The highest BCUT2D eigenvalue weighted by atomic mass is 16.5. The first-order valence-corrected chi connectivity index (χ1v) is 18.5. The minimum absolute atomic E-state index is 0.155. The first-order valence-electron chi connectivity index (χ1n) is 18.5. The first-order chi connectivity index (χ1) is 26.6. The summed E-state index contributed by atoms with van der Waals surface area (Å²) in [7, 11) is 0. The van der Waals surface area contributed by atoms with Gasteiger partial charge >= 0.3 is 0 Å². The molecule has 0 bridgehead atoms. The largest absolute Gasteiger partial charge is 0.486 e. The molecule has 0 N–H and O–H groups in total. The number of fused-ring (bicyclic) bond motifs is 5. The van der Waals surface area contributed by atoms with E-state index in [4.69, 9.17) is 18.9 Å². The van der Waals surface area contributed by atoms with Gasteiger partial charge in [-0.25, -0.2) is 0 Å². The summed E-state index contributed by atoms with van der Waals surface area (Å²) >= 11 is 0. The van der Waals surface area contributed by atoms with Gasteiger partial charge < -0.3 is 28.7 Å². The van der Waals surface area contributed by atoms with Gasteiger partial charge in [-0.15, -0.1) is 0 Å². The van der Waals surface area contributed by atoms with Crippen LogP contribution in [0, 0.1) is 0 Å². The monoisotopic (exact) mass is 706 g/mol. The smallest absolute Gasteiger partial charge is 0.161 e. The number of ether oxygens (including phenoxy) is 4. The fourth-order valence-electron chi connectivity index (χ4n) is 7.63. The number of para-hydroxylation sites is 2. The molecule has 1 unspecified atom stereocenters. The Labute approximate surface area is 314 Å². The van der Waals surface area contributed by atoms with Crippen LogP contribution in [0.15, 0.2) is 158 Å². The van der Waals surface area contributed by atoms with Crippen LogP contribution in [-0.4, -0.2) is 13.5 Å². The summed E-state index contributed by atoms with van der Waals surface area (Å²) in [5.41, 5.74) is 5.78. The maximum Gasteiger partial charge on any atom is 0.161 e. The Balaban J connectivity index is 0.838. The molecule has 2 heterocycles. The molecule has 8 aromatic rings. The van der Waals surface area contributed by atoms with Crippen LogP contribution in [0.2, 0.25) is 0 Å². The lowest BCUT2D eigenvalue weighted by atomic mass is 10.0. The molecule has 2 aliphatic rings. The van der Waals surface area contributed by atoms with Crippen molar-refractivity contribution in [3.63, 3.8) is 0 Å². The van der Waals surface area contributed by atoms with Gasteiger partial charge in [0.15, 0.2) is 13.5 Å². The Kier molecular flexibility index (Phi) is 7.94. The van der Waals surface area contributed by atoms with Crippen molar-refractivity contribution in [1.82, 2.24) is 0 Å². The van der Waals surface area contributed by atoms with Crippen molar-refractivity contribution >= 4 is 43.7 Å². The summed E-state index contributed by atoms with van der Waals surface area (Å²) in [6.45, 7) is 4.77. The molecule has 0 saturated carbocycles. The molecule has 0 aliphatic carbocycles. The van der Waals surface area contributed by atoms with E-state index < -0.39 is 0 Å². The normalized spacial score (nSPS) is 14.2. The summed E-state index contributed by atoms with van der Waals surface area (Å²) in [5.74, 6) is 4.25. The van der Waals surface area contributed by atoms with Gasteiger partial charge in [-0.1, -0.05) is 66.7 Å². The zero-order chi connectivity index (χ0) is 36.0. The quantitative estimate of drug-likeness (QED) is 0.164. The molecule has 264 valence electrons. The number of nitrogens with zero attached hydrogens (tertiary/aromatic N) is 2. The van der Waals surface area contributed by atoms with Crippen molar-refractivity contribution in [1.29, 1.82) is 0 Å². The molecule has 2 aliphatic heterocycles. The molecular weight excluding hydrogens is 669 g/mol. The Morgan fingerprint density at radius 1 is 0.463 bits per heavy atom. The SMILES string of the molecule is CC(Oc1ccc2cc3c(cc2c1)OCN(c1ccccc1)C3)c1ccc2ccc(Oc3ccc4cc5c(cc4c3)OCN(c3ccccc3)C5)cc2c1. The third-order valence-corrected chi connectivity index (χ3v) is 10.6. The summed E-state index contributed by atoms with van der Waals surface area (Å²) in [4.78, 5) is 4.49. The fraction of sp³-hybridized carbons (Fsp3) is 0.125. The van der Waals surface area contributed by atoms with Gasteiger partial charge in [0.2, 0.25) is 0 Å². The summed E-state index contributed by atoms with van der Waals surface area (Å²) in [6, 6.07) is 54.8. The Morgan fingerprint density at radius 2 is 0.944 bits per heavy atom. The molecule has 0 aromatic heterocycles. The average Bonchev–Trinajstić information content (AvgIpc) is 3.22. The van der Waals surface area contributed by atoms with Gasteiger partial charge in [-0.05, 0) is 136 Å². The zero-order valence-corrected chi connectivity index (χ0v) is 29.9. The van der Waals surface area contributed by atoms with Crippen LogP contribution in [0.1, 0.15) is 29.7 Å². The van der Waals surface area contributed by atoms with Gasteiger partial charge in [0.05, 0.1) is 0 Å². The third kappa shape index (κ3) is 6.26. The molecule has 6 heteroatoms. The molecule has 0 saturated heterocycles. The second-order valence-electron chi connectivity index (χ2n) is 14.2. The predicted molar refractivity (Wildman–Crippen MR) is 217 cm³/mol. The topological polar surface area (TPSA) is 43.4 Å². The number of hydrogen-bond donors (Lipinski definition) is 0. The van der Waals surface area contributed by atoms with Crippen LogP contribution in [0.4, 0.5) is 11.4 Å². The van der Waals surface area contributed by atoms with Crippen LogP contribution in [0.5, 0.6) is 28.7 Å². The zero-order valence-electron chi connectivity index (χ0n) is 29.9. The minimum Gasteiger partial charge on any atom is -0.486 e. The molecule has 10 rings (SSSR count). The highest BCUT2D eigenvalue weighted by Gasteiger charge is 2.20. The maximum atomic E-state index is 6.52. The fourth-order valence-corrected chi connectivity index (χ4v) is 7.63. The van der Waals surface area contributed by atoms with E-state index in [0.717, 1.165) is 85.7 Å². The van der Waals surface area contributed by atoms with Crippen molar-refractivity contribution < 1.29 is 18.9 Å². The highest BCUT2D eigenvalue weighted by Crippen LogP contribution is 2.37. The van der Waals surface area contributed by atoms with E-state index in [1.54, 1.807) is 0 Å². The van der Waals surface area contributed by atoms with Crippen LogP contribution in [0.25, 0.3) is 32.3 Å². The first kappa shape index (κ1) is 32.0. The van der Waals surface area contributed by atoms with Crippen LogP contribution in [-0.2, 0) is 13.1 Å². The summed E-state index contributed by atoms with van der Waals surface area (Å²) < 4.78 is 25.3. The molecule has 6 nitrogen and oxygen atoms in total. The average molecular weight is 707 g/mol. The number of rotatable bonds is 7. The van der Waals surface area contributed by atoms with E-state index in [1.807, 2.05) is 24.3 Å². The third-order valence-electron chi connectivity index (χ3n) is 10.6. The standard InChI is InChI=1S/C48H38N2O4/c1-32(53-44-18-15-35-21-40-28-49(42-8-4-2-5-9-42)30-51-47(40)26-38(35)24-44)34-13-12-33-14-17-45(23-37(33)20-34)54-46-19-16-36-22-41-29-50(43-10-6-3-7-11-43)31-52-48(41)27-39(36)25-46/h2-27,32H,28-31H2,1H3. The van der Waals surface area contributed by atoms with E-state index >= 15 is 0 Å². The lowest BCUT2D eigenvalue weighted by Crippen LogP contribution is -2.31. The highest BCUT2D eigenvalue weighted by molar-refractivity contribution is 5.88. The second-order valence-corrected chi connectivity index (χ2v) is 14.2. The van der Waals surface area contributed by atoms with Crippen molar-refractivity contribution in [2.24, 2.45) is 0 Å². The van der Waals surface area contributed by atoms with E-state index in [2.05, 4.69) is 150 Å². The Morgan fingerprint density at radius 3 is 1.52 bits per heavy atom. The minimum atomic E-state index is -0.155. The molecule has 0 amide bonds. The lowest BCUT2D eigenvalue weighted by Gasteiger charge is -2.31. The van der Waals surface area contributed by atoms with E-state index in [-0.39, 0.29) is 6.10 Å². The molecular formula is C48H38N2O4. The Hall–Kier alpha value is -6.66. The molecule has 0 spiro atoms. The van der Waals surface area contributed by atoms with Gasteiger partial charge in [-0.3, -0.25) is 0 Å². The molecule has 8 aromatic carbocycles. The van der Waals surface area contributed by atoms with E-state index in [9.17, 15) is 0 Å². The van der Waals surface area contributed by atoms with Crippen molar-refractivity contribution in [3.05, 3.63) is 174 Å². The van der Waals surface area contributed by atoms with Gasteiger partial charge in [0.1, 0.15) is 34.9 Å². The van der Waals surface area contributed by atoms with Crippen LogP contribution in [0.3, 0.4) is 0 Å². The van der Waals surface area contributed by atoms with Crippen molar-refractivity contribution in [3.8, 4) is 28.7 Å². The van der Waals surface area contributed by atoms with E-state index in [1.165, 1.54) is 16.5 Å². The maximum absolute atomic E-state index is 6.52. The van der Waals surface area contributed by atoms with Crippen molar-refractivity contribution in [2.45, 2.75) is 26.1 Å². The molecule has 0 fully saturated rings. The van der Waals surface area contributed by atoms with Gasteiger partial charge in [0.25, 0.3) is 0 Å². The number of benzene rings is 8. The predicted octanol–water partition coefficient (Wildman–Crippen LogP) is 11.8. The van der Waals surface area contributed by atoms with Crippen molar-refractivity contribution in [2.75, 3.05) is 23.3 Å².